The zero-order valence-electron chi connectivity index (χ0n) is 13.8. The van der Waals surface area contributed by atoms with Crippen LogP contribution >= 0.6 is 7.92 Å². The third-order valence-corrected chi connectivity index (χ3v) is 9.32. The van der Waals surface area contributed by atoms with Gasteiger partial charge in [-0.2, -0.15) is 0 Å². The molecule has 0 heterocycles. The molecule has 0 bridgehead atoms. The summed E-state index contributed by atoms with van der Waals surface area (Å²) in [4.78, 5) is 0. The van der Waals surface area contributed by atoms with Crippen LogP contribution in [0.3, 0.4) is 0 Å². The lowest BCUT2D eigenvalue weighted by molar-refractivity contribution is 0.368. The molecule has 0 unspecified atom stereocenters. The average Bonchev–Trinajstić information content (AvgIpc) is 3.11. The van der Waals surface area contributed by atoms with Crippen molar-refractivity contribution in [2.24, 2.45) is 0 Å². The van der Waals surface area contributed by atoms with E-state index >= 15 is 0 Å². The molecule has 3 fully saturated rings. The summed E-state index contributed by atoms with van der Waals surface area (Å²) in [6.07, 6.45) is 19.0. The molecule has 0 N–H and O–H groups in total. The molecule has 0 aromatic heterocycles. The number of rotatable bonds is 3. The van der Waals surface area contributed by atoms with Gasteiger partial charge in [-0.3, -0.25) is 0 Å². The van der Waals surface area contributed by atoms with Gasteiger partial charge in [0.15, 0.2) is 0 Å². The third-order valence-electron chi connectivity index (χ3n) is 5.24. The molecule has 124 valence electrons. The lowest BCUT2D eigenvalue weighted by Crippen LogP contribution is -2.18. The van der Waals surface area contributed by atoms with Crippen molar-refractivity contribution in [1.29, 1.82) is 0 Å². The van der Waals surface area contributed by atoms with E-state index in [1.54, 1.807) is 77.0 Å². The Kier molecular flexibility index (Phi) is 6.84. The summed E-state index contributed by atoms with van der Waals surface area (Å²) in [7, 11) is -5.56. The van der Waals surface area contributed by atoms with E-state index in [2.05, 4.69) is 0 Å². The minimum Gasteiger partial charge on any atom is -0.418 e. The van der Waals surface area contributed by atoms with Gasteiger partial charge in [0.25, 0.3) is 0 Å². The standard InChI is InChI=1S/C15H27P.BF4/c1-2-8-13(7-1)16(14-9-3-4-10-14)15-11-5-6-12-15;2-1(3,4)5/h13-15H,1-12H2;/q;-1/p+1. The molecule has 0 aromatic rings. The predicted molar refractivity (Wildman–Crippen MR) is 85.0 cm³/mol. The van der Waals surface area contributed by atoms with Crippen LogP contribution < -0.4 is 0 Å². The molecule has 3 aliphatic rings. The molecule has 0 saturated heterocycles. The van der Waals surface area contributed by atoms with Crippen molar-refractivity contribution >= 4 is 15.2 Å². The topological polar surface area (TPSA) is 0 Å². The summed E-state index contributed by atoms with van der Waals surface area (Å²) in [6, 6.07) is 0. The quantitative estimate of drug-likeness (QED) is 0.307. The van der Waals surface area contributed by atoms with E-state index in [4.69, 9.17) is 0 Å². The summed E-state index contributed by atoms with van der Waals surface area (Å²) in [5.74, 6) is 0. The molecule has 0 aromatic carbocycles. The van der Waals surface area contributed by atoms with Crippen molar-refractivity contribution in [1.82, 2.24) is 0 Å². The van der Waals surface area contributed by atoms with Gasteiger partial charge in [0, 0.05) is 0 Å². The van der Waals surface area contributed by atoms with E-state index in [1.165, 1.54) is 17.0 Å². The van der Waals surface area contributed by atoms with Crippen LogP contribution in [0.5, 0.6) is 0 Å². The molecular formula is C15H28BF4P. The first-order chi connectivity index (χ1) is 9.95. The molecule has 3 aliphatic carbocycles. The molecule has 0 radical (unpaired) electrons. The minimum atomic E-state index is -6.00. The summed E-state index contributed by atoms with van der Waals surface area (Å²) in [5, 5.41) is 0. The molecular weight excluding hydrogens is 298 g/mol. The van der Waals surface area contributed by atoms with Crippen molar-refractivity contribution in [3.8, 4) is 0 Å². The molecule has 3 rings (SSSR count). The van der Waals surface area contributed by atoms with Crippen LogP contribution in [0.2, 0.25) is 0 Å². The van der Waals surface area contributed by atoms with Gasteiger partial charge in [-0.15, -0.1) is 0 Å². The van der Waals surface area contributed by atoms with Gasteiger partial charge in [0.05, 0.1) is 0 Å². The zero-order chi connectivity index (χ0) is 15.3. The molecule has 0 nitrogen and oxygen atoms in total. The monoisotopic (exact) mass is 326 g/mol. The molecule has 3 saturated carbocycles. The van der Waals surface area contributed by atoms with Gasteiger partial charge < -0.3 is 17.3 Å². The Bertz CT molecular complexity index is 254. The Hall–Kier alpha value is 0.215. The molecule has 6 heteroatoms. The maximum absolute atomic E-state index is 9.75. The summed E-state index contributed by atoms with van der Waals surface area (Å²) < 4.78 is 39.0. The zero-order valence-corrected chi connectivity index (χ0v) is 13.6. The maximum Gasteiger partial charge on any atom is 1.00 e. The first-order valence-electron chi connectivity index (χ1n) is 8.60. The summed E-state index contributed by atoms with van der Waals surface area (Å²) in [6.45, 7) is 0. The van der Waals surface area contributed by atoms with E-state index in [0.29, 0.717) is 7.92 Å². The van der Waals surface area contributed by atoms with Crippen molar-refractivity contribution in [2.45, 2.75) is 94.0 Å². The van der Waals surface area contributed by atoms with Crippen molar-refractivity contribution < 1.29 is 18.7 Å². The van der Waals surface area contributed by atoms with E-state index < -0.39 is 7.25 Å². The van der Waals surface area contributed by atoms with Crippen LogP contribution in [0.1, 0.15) is 78.5 Å². The molecule has 0 atom stereocenters. The van der Waals surface area contributed by atoms with Crippen LogP contribution in [0, 0.1) is 0 Å². The van der Waals surface area contributed by atoms with Crippen molar-refractivity contribution in [3.05, 3.63) is 0 Å². The van der Waals surface area contributed by atoms with Gasteiger partial charge in [0.1, 0.15) is 0 Å². The van der Waals surface area contributed by atoms with E-state index in [1.807, 2.05) is 0 Å². The molecule has 0 amide bonds. The lowest BCUT2D eigenvalue weighted by atomic mass is 10.3. The number of hydrogen-bond donors (Lipinski definition) is 0. The van der Waals surface area contributed by atoms with Gasteiger partial charge in [-0.05, 0) is 55.5 Å². The lowest BCUT2D eigenvalue weighted by Gasteiger charge is -2.35. The first kappa shape index (κ1) is 17.6. The van der Waals surface area contributed by atoms with E-state index in [-0.39, 0.29) is 1.43 Å². The van der Waals surface area contributed by atoms with Gasteiger partial charge in [-0.25, -0.2) is 0 Å². The second kappa shape index (κ2) is 8.18. The highest BCUT2D eigenvalue weighted by Crippen LogP contribution is 2.63. The molecule has 0 spiro atoms. The van der Waals surface area contributed by atoms with Gasteiger partial charge in [0.2, 0.25) is 0 Å². The fourth-order valence-corrected chi connectivity index (χ4v) is 9.17. The Morgan fingerprint density at radius 2 is 0.762 bits per heavy atom. The fraction of sp³-hybridized carbons (Fsp3) is 1.00. The fourth-order valence-electron chi connectivity index (χ4n) is 4.50. The second-order valence-electron chi connectivity index (χ2n) is 6.76. The minimum absolute atomic E-state index is 0. The Labute approximate surface area is 128 Å². The Balaban J connectivity index is 0.000000356. The highest BCUT2D eigenvalue weighted by molar-refractivity contribution is 7.60. The van der Waals surface area contributed by atoms with E-state index in [9.17, 15) is 17.3 Å². The molecule has 0 aliphatic heterocycles. The van der Waals surface area contributed by atoms with Crippen LogP contribution in [0.25, 0.3) is 0 Å². The van der Waals surface area contributed by atoms with Gasteiger partial charge in [-0.1, -0.05) is 46.4 Å². The van der Waals surface area contributed by atoms with E-state index in [0.717, 1.165) is 0 Å². The number of halogens is 4. The Morgan fingerprint density at radius 1 is 0.571 bits per heavy atom. The highest BCUT2D eigenvalue weighted by atomic mass is 31.1. The predicted octanol–water partition coefficient (Wildman–Crippen LogP) is 6.71. The first-order valence-corrected chi connectivity index (χ1v) is 10.1. The summed E-state index contributed by atoms with van der Waals surface area (Å²) >= 11 is 0. The SMILES string of the molecule is C1CCC(P(C2CCCC2)C2CCCC2)C1.F[B-](F)(F)F.[H+]. The van der Waals surface area contributed by atoms with Gasteiger partial charge >= 0.3 is 8.68 Å². The van der Waals surface area contributed by atoms with Crippen LogP contribution in [-0.2, 0) is 0 Å². The maximum atomic E-state index is 9.75. The van der Waals surface area contributed by atoms with Crippen LogP contribution in [-0.4, -0.2) is 24.2 Å². The highest BCUT2D eigenvalue weighted by Gasteiger charge is 2.38. The normalized spacial score (nSPS) is 25.6. The molecule has 21 heavy (non-hydrogen) atoms. The Morgan fingerprint density at radius 3 is 0.952 bits per heavy atom. The second-order valence-corrected chi connectivity index (χ2v) is 9.84. The average molecular weight is 326 g/mol. The van der Waals surface area contributed by atoms with Crippen LogP contribution in [0.15, 0.2) is 0 Å². The van der Waals surface area contributed by atoms with Crippen molar-refractivity contribution in [2.75, 3.05) is 0 Å². The van der Waals surface area contributed by atoms with Crippen molar-refractivity contribution in [3.63, 3.8) is 0 Å². The number of hydrogen-bond acceptors (Lipinski definition) is 0. The largest absolute Gasteiger partial charge is 1.00 e. The smallest absolute Gasteiger partial charge is 0.418 e. The summed E-state index contributed by atoms with van der Waals surface area (Å²) in [5.41, 5.74) is 3.63. The third kappa shape index (κ3) is 6.08. The van der Waals surface area contributed by atoms with Crippen LogP contribution in [0.4, 0.5) is 17.3 Å².